The largest absolute Gasteiger partial charge is 0.349 e. The number of carbonyl (C=O) groups is 2. The van der Waals surface area contributed by atoms with Gasteiger partial charge in [0.1, 0.15) is 0 Å². The number of aromatic nitrogens is 1. The lowest BCUT2D eigenvalue weighted by atomic mass is 9.73. The zero-order valence-electron chi connectivity index (χ0n) is 17.9. The molecule has 2 atom stereocenters. The summed E-state index contributed by atoms with van der Waals surface area (Å²) < 4.78 is 0. The molecular formula is C24H30N4O3. The van der Waals surface area contributed by atoms with Crippen molar-refractivity contribution < 1.29 is 14.8 Å². The van der Waals surface area contributed by atoms with Gasteiger partial charge in [-0.05, 0) is 55.1 Å². The first kappa shape index (κ1) is 21.5. The maximum Gasteiger partial charge on any atom is 0.244 e. The van der Waals surface area contributed by atoms with Gasteiger partial charge in [0.2, 0.25) is 11.8 Å². The van der Waals surface area contributed by atoms with Gasteiger partial charge in [-0.15, -0.1) is 0 Å². The van der Waals surface area contributed by atoms with Crippen LogP contribution in [0.15, 0.2) is 48.8 Å². The molecule has 4 rings (SSSR count). The number of piperidine rings is 1. The molecule has 2 aliphatic rings. The van der Waals surface area contributed by atoms with E-state index in [-0.39, 0.29) is 23.8 Å². The van der Waals surface area contributed by atoms with Crippen molar-refractivity contribution in [3.63, 3.8) is 0 Å². The van der Waals surface area contributed by atoms with Crippen LogP contribution in [0.1, 0.15) is 55.3 Å². The van der Waals surface area contributed by atoms with Gasteiger partial charge in [-0.1, -0.05) is 37.3 Å². The summed E-state index contributed by atoms with van der Waals surface area (Å²) in [6.45, 7) is 4.64. The number of hydroxylamine groups is 1. The Labute approximate surface area is 182 Å². The minimum atomic E-state index is -0.549. The van der Waals surface area contributed by atoms with Crippen molar-refractivity contribution in [2.24, 2.45) is 5.92 Å². The van der Waals surface area contributed by atoms with Crippen molar-refractivity contribution in [1.82, 2.24) is 20.7 Å². The van der Waals surface area contributed by atoms with Crippen molar-refractivity contribution in [2.45, 2.75) is 50.6 Å². The number of hydrogen-bond acceptors (Lipinski definition) is 5. The molecule has 2 amide bonds. The predicted octanol–water partition coefficient (Wildman–Crippen LogP) is 2.71. The molecule has 2 heterocycles. The zero-order chi connectivity index (χ0) is 21.8. The molecule has 1 unspecified atom stereocenters. The molecule has 7 nitrogen and oxygen atoms in total. The van der Waals surface area contributed by atoms with E-state index < -0.39 is 11.8 Å². The van der Waals surface area contributed by atoms with E-state index in [1.807, 2.05) is 18.3 Å². The van der Waals surface area contributed by atoms with Crippen LogP contribution in [-0.2, 0) is 21.5 Å². The highest BCUT2D eigenvalue weighted by molar-refractivity contribution is 5.85. The van der Waals surface area contributed by atoms with Crippen LogP contribution in [0.2, 0.25) is 0 Å². The molecule has 0 bridgehead atoms. The van der Waals surface area contributed by atoms with Crippen LogP contribution in [0.3, 0.4) is 0 Å². The SMILES string of the molecule is C[C@H](CC(=O)NO)C(=O)NC1CC2(CCN(Cc3cccnc3)CC2)c2ccccc21. The molecule has 1 aliphatic heterocycles. The highest BCUT2D eigenvalue weighted by atomic mass is 16.5. The number of rotatable bonds is 6. The fourth-order valence-corrected chi connectivity index (χ4v) is 5.12. The van der Waals surface area contributed by atoms with Gasteiger partial charge < -0.3 is 5.32 Å². The lowest BCUT2D eigenvalue weighted by Crippen LogP contribution is -2.42. The minimum Gasteiger partial charge on any atom is -0.349 e. The highest BCUT2D eigenvalue weighted by Gasteiger charge is 2.45. The van der Waals surface area contributed by atoms with Gasteiger partial charge in [0, 0.05) is 36.7 Å². The molecule has 1 aliphatic carbocycles. The van der Waals surface area contributed by atoms with E-state index in [4.69, 9.17) is 5.21 Å². The summed E-state index contributed by atoms with van der Waals surface area (Å²) in [6.07, 6.45) is 6.69. The molecule has 3 N–H and O–H groups in total. The third-order valence-corrected chi connectivity index (χ3v) is 6.82. The van der Waals surface area contributed by atoms with Crippen LogP contribution in [-0.4, -0.2) is 40.0 Å². The maximum absolute atomic E-state index is 12.7. The van der Waals surface area contributed by atoms with Crippen LogP contribution < -0.4 is 10.8 Å². The van der Waals surface area contributed by atoms with Gasteiger partial charge in [0.25, 0.3) is 0 Å². The Morgan fingerprint density at radius 3 is 2.71 bits per heavy atom. The number of nitrogens with zero attached hydrogens (tertiary/aromatic N) is 2. The second-order valence-corrected chi connectivity index (χ2v) is 8.91. The summed E-state index contributed by atoms with van der Waals surface area (Å²) in [4.78, 5) is 30.8. The van der Waals surface area contributed by atoms with Gasteiger partial charge in [0.05, 0.1) is 6.04 Å². The third-order valence-electron chi connectivity index (χ3n) is 6.82. The van der Waals surface area contributed by atoms with Crippen molar-refractivity contribution >= 4 is 11.8 Å². The molecule has 1 spiro atoms. The Kier molecular flexibility index (Phi) is 6.34. The van der Waals surface area contributed by atoms with Crippen LogP contribution in [0.25, 0.3) is 0 Å². The third kappa shape index (κ3) is 4.62. The van der Waals surface area contributed by atoms with E-state index >= 15 is 0 Å². The summed E-state index contributed by atoms with van der Waals surface area (Å²) >= 11 is 0. The molecule has 0 saturated carbocycles. The van der Waals surface area contributed by atoms with Crippen LogP contribution >= 0.6 is 0 Å². The van der Waals surface area contributed by atoms with E-state index in [2.05, 4.69) is 39.5 Å². The van der Waals surface area contributed by atoms with Gasteiger partial charge >= 0.3 is 0 Å². The van der Waals surface area contributed by atoms with Crippen molar-refractivity contribution in [3.8, 4) is 0 Å². The second-order valence-electron chi connectivity index (χ2n) is 8.91. The lowest BCUT2D eigenvalue weighted by Gasteiger charge is -2.40. The molecule has 164 valence electrons. The van der Waals surface area contributed by atoms with Crippen LogP contribution in [0.5, 0.6) is 0 Å². The molecule has 1 aromatic carbocycles. The van der Waals surface area contributed by atoms with Crippen molar-refractivity contribution in [2.75, 3.05) is 13.1 Å². The monoisotopic (exact) mass is 422 g/mol. The molecule has 7 heteroatoms. The first-order chi connectivity index (χ1) is 15.0. The molecule has 1 saturated heterocycles. The molecule has 1 fully saturated rings. The maximum atomic E-state index is 12.7. The number of carbonyl (C=O) groups excluding carboxylic acids is 2. The Morgan fingerprint density at radius 1 is 1.23 bits per heavy atom. The topological polar surface area (TPSA) is 94.6 Å². The molecule has 1 aromatic heterocycles. The second kappa shape index (κ2) is 9.16. The molecular weight excluding hydrogens is 392 g/mol. The Bertz CT molecular complexity index is 925. The van der Waals surface area contributed by atoms with E-state index in [1.54, 1.807) is 18.6 Å². The highest BCUT2D eigenvalue weighted by Crippen LogP contribution is 2.50. The van der Waals surface area contributed by atoms with E-state index in [9.17, 15) is 9.59 Å². The Balaban J connectivity index is 1.43. The van der Waals surface area contributed by atoms with Gasteiger partial charge in [-0.3, -0.25) is 24.7 Å². The summed E-state index contributed by atoms with van der Waals surface area (Å²) in [5, 5.41) is 11.9. The zero-order valence-corrected chi connectivity index (χ0v) is 17.9. The predicted molar refractivity (Wildman–Crippen MR) is 116 cm³/mol. The standard InChI is InChI=1S/C24H30N4O3/c1-17(13-22(29)27-31)23(30)26-21-14-24(20-7-3-2-6-19(20)21)8-11-28(12-9-24)16-18-5-4-10-25-15-18/h2-7,10,15,17,21,31H,8-9,11-14,16H2,1H3,(H,26,30)(H,27,29)/t17-,21?/m1/s1. The molecule has 0 radical (unpaired) electrons. The number of nitrogens with one attached hydrogen (secondary N) is 2. The summed E-state index contributed by atoms with van der Waals surface area (Å²) in [7, 11) is 0. The van der Waals surface area contributed by atoms with Gasteiger partial charge in [-0.25, -0.2) is 5.48 Å². The smallest absolute Gasteiger partial charge is 0.244 e. The normalized spacial score (nSPS) is 20.8. The summed E-state index contributed by atoms with van der Waals surface area (Å²) in [5.74, 6) is -1.21. The summed E-state index contributed by atoms with van der Waals surface area (Å²) in [5.41, 5.74) is 5.45. The Morgan fingerprint density at radius 2 is 2.00 bits per heavy atom. The average molecular weight is 423 g/mol. The number of likely N-dealkylation sites (tertiary alicyclic amines) is 1. The average Bonchev–Trinajstić information content (AvgIpc) is 3.09. The number of pyridine rings is 1. The van der Waals surface area contributed by atoms with Crippen molar-refractivity contribution in [3.05, 3.63) is 65.5 Å². The fraction of sp³-hybridized carbons (Fsp3) is 0.458. The van der Waals surface area contributed by atoms with E-state index in [0.717, 1.165) is 38.9 Å². The number of fused-ring (bicyclic) bond motifs is 2. The number of hydrogen-bond donors (Lipinski definition) is 3. The van der Waals surface area contributed by atoms with E-state index in [1.165, 1.54) is 16.7 Å². The number of amides is 2. The Hall–Kier alpha value is -2.77. The quantitative estimate of drug-likeness (QED) is 0.492. The van der Waals surface area contributed by atoms with Crippen LogP contribution in [0, 0.1) is 5.92 Å². The lowest BCUT2D eigenvalue weighted by molar-refractivity contribution is -0.134. The van der Waals surface area contributed by atoms with Gasteiger partial charge in [-0.2, -0.15) is 0 Å². The molecule has 2 aromatic rings. The summed E-state index contributed by atoms with van der Waals surface area (Å²) in [6, 6.07) is 12.5. The van der Waals surface area contributed by atoms with E-state index in [0.29, 0.717) is 0 Å². The first-order valence-corrected chi connectivity index (χ1v) is 10.9. The minimum absolute atomic E-state index is 0.0366. The molecule has 31 heavy (non-hydrogen) atoms. The van der Waals surface area contributed by atoms with Crippen molar-refractivity contribution in [1.29, 1.82) is 0 Å². The fourth-order valence-electron chi connectivity index (χ4n) is 5.12. The number of benzene rings is 1. The first-order valence-electron chi connectivity index (χ1n) is 10.9. The van der Waals surface area contributed by atoms with Crippen LogP contribution in [0.4, 0.5) is 0 Å². The van der Waals surface area contributed by atoms with Gasteiger partial charge in [0.15, 0.2) is 0 Å².